The molecule has 2 aromatic carbocycles. The van der Waals surface area contributed by atoms with Crippen molar-refractivity contribution in [2.24, 2.45) is 5.41 Å². The summed E-state index contributed by atoms with van der Waals surface area (Å²) in [7, 11) is 4.77. The molecule has 2 aromatic heterocycles. The van der Waals surface area contributed by atoms with E-state index in [1.54, 1.807) is 32.2 Å². The van der Waals surface area contributed by atoms with Gasteiger partial charge in [-0.1, -0.05) is 32.0 Å². The number of carbonyl (C=O) groups excluding carboxylic acids is 1. The van der Waals surface area contributed by atoms with Crippen molar-refractivity contribution < 1.29 is 28.5 Å². The molecular formula is C30H30N4O6. The van der Waals surface area contributed by atoms with E-state index in [1.807, 2.05) is 42.5 Å². The van der Waals surface area contributed by atoms with E-state index in [2.05, 4.69) is 23.9 Å². The maximum atomic E-state index is 13.7. The van der Waals surface area contributed by atoms with E-state index in [9.17, 15) is 4.79 Å². The Bertz CT molecular complexity index is 1660. The number of hydrogen-bond acceptors (Lipinski definition) is 9. The average molecular weight is 543 g/mol. The van der Waals surface area contributed by atoms with Gasteiger partial charge in [-0.3, -0.25) is 4.79 Å². The molecule has 0 saturated carbocycles. The van der Waals surface area contributed by atoms with Crippen LogP contribution in [0.15, 0.2) is 60.1 Å². The predicted molar refractivity (Wildman–Crippen MR) is 145 cm³/mol. The maximum absolute atomic E-state index is 13.7. The van der Waals surface area contributed by atoms with Crippen LogP contribution in [0, 0.1) is 5.41 Å². The first-order chi connectivity index (χ1) is 19.3. The number of allylic oxidation sites excluding steroid dienone is 2. The molecule has 0 saturated heterocycles. The normalized spacial score (nSPS) is 17.6. The molecule has 0 fully saturated rings. The molecule has 0 N–H and O–H groups in total. The van der Waals surface area contributed by atoms with Crippen LogP contribution >= 0.6 is 0 Å². The van der Waals surface area contributed by atoms with Crippen molar-refractivity contribution >= 4 is 11.4 Å². The second-order valence-electron chi connectivity index (χ2n) is 10.6. The van der Waals surface area contributed by atoms with Crippen LogP contribution in [0.1, 0.15) is 49.6 Å². The second-order valence-corrected chi connectivity index (χ2v) is 10.6. The number of rotatable bonds is 7. The summed E-state index contributed by atoms with van der Waals surface area (Å²) >= 11 is 0. The molecule has 1 aliphatic heterocycles. The summed E-state index contributed by atoms with van der Waals surface area (Å²) in [6, 6.07) is 13.1. The maximum Gasteiger partial charge on any atom is 0.228 e. The Balaban J connectivity index is 1.48. The molecular weight excluding hydrogens is 512 g/mol. The SMILES string of the molecule is COc1ccc(C2C3=C(CC(C)(C)CC3=O)Oc3ncn4nc(COc5ccccc5OC)nc4c32)cc1OC. The number of nitrogens with zero attached hydrogens (tertiary/aromatic N) is 4. The van der Waals surface area contributed by atoms with Crippen LogP contribution in [0.25, 0.3) is 5.65 Å². The van der Waals surface area contributed by atoms with Crippen LogP contribution < -0.4 is 23.7 Å². The molecule has 10 heteroatoms. The van der Waals surface area contributed by atoms with Gasteiger partial charge in [0.15, 0.2) is 40.3 Å². The van der Waals surface area contributed by atoms with E-state index in [0.29, 0.717) is 70.1 Å². The molecule has 0 amide bonds. The zero-order valence-electron chi connectivity index (χ0n) is 23.1. The Morgan fingerprint density at radius 3 is 2.45 bits per heavy atom. The quantitative estimate of drug-likeness (QED) is 0.322. The molecule has 2 aliphatic rings. The number of fused-ring (bicyclic) bond motifs is 3. The number of benzene rings is 2. The highest BCUT2D eigenvalue weighted by Crippen LogP contribution is 2.51. The molecule has 1 aliphatic carbocycles. The highest BCUT2D eigenvalue weighted by Gasteiger charge is 2.44. The van der Waals surface area contributed by atoms with E-state index < -0.39 is 5.92 Å². The largest absolute Gasteiger partial charge is 0.493 e. The molecule has 0 bridgehead atoms. The zero-order valence-corrected chi connectivity index (χ0v) is 23.1. The molecule has 6 rings (SSSR count). The minimum atomic E-state index is -0.481. The lowest BCUT2D eigenvalue weighted by atomic mass is 9.70. The van der Waals surface area contributed by atoms with Crippen molar-refractivity contribution in [1.29, 1.82) is 0 Å². The van der Waals surface area contributed by atoms with Crippen molar-refractivity contribution in [3.05, 3.63) is 77.1 Å². The summed E-state index contributed by atoms with van der Waals surface area (Å²) in [6.07, 6.45) is 2.60. The monoisotopic (exact) mass is 542 g/mol. The van der Waals surface area contributed by atoms with Crippen LogP contribution in [0.5, 0.6) is 28.9 Å². The summed E-state index contributed by atoms with van der Waals surface area (Å²) in [5.41, 5.74) is 2.43. The first-order valence-electron chi connectivity index (χ1n) is 13.0. The molecule has 0 radical (unpaired) electrons. The predicted octanol–water partition coefficient (Wildman–Crippen LogP) is 4.90. The zero-order chi connectivity index (χ0) is 28.0. The van der Waals surface area contributed by atoms with E-state index in [1.165, 1.54) is 0 Å². The molecule has 10 nitrogen and oxygen atoms in total. The van der Waals surface area contributed by atoms with Gasteiger partial charge in [-0.15, -0.1) is 5.10 Å². The van der Waals surface area contributed by atoms with Gasteiger partial charge in [-0.25, -0.2) is 14.5 Å². The number of methoxy groups -OCH3 is 3. The molecule has 0 spiro atoms. The molecule has 3 heterocycles. The van der Waals surface area contributed by atoms with Crippen LogP contribution in [-0.2, 0) is 11.4 Å². The lowest BCUT2D eigenvalue weighted by molar-refractivity contribution is -0.118. The summed E-state index contributed by atoms with van der Waals surface area (Å²) in [5, 5.41) is 4.60. The third kappa shape index (κ3) is 4.39. The molecule has 1 atom stereocenters. The van der Waals surface area contributed by atoms with Gasteiger partial charge in [-0.2, -0.15) is 0 Å². The highest BCUT2D eigenvalue weighted by molar-refractivity contribution is 6.00. The number of aromatic nitrogens is 4. The topological polar surface area (TPSA) is 106 Å². The van der Waals surface area contributed by atoms with Gasteiger partial charge in [0.25, 0.3) is 0 Å². The van der Waals surface area contributed by atoms with Crippen molar-refractivity contribution in [3.8, 4) is 28.9 Å². The fourth-order valence-electron chi connectivity index (χ4n) is 5.50. The van der Waals surface area contributed by atoms with E-state index in [-0.39, 0.29) is 17.8 Å². The van der Waals surface area contributed by atoms with Gasteiger partial charge in [0.05, 0.1) is 32.8 Å². The number of ether oxygens (including phenoxy) is 5. The van der Waals surface area contributed by atoms with Crippen molar-refractivity contribution in [2.45, 2.75) is 39.2 Å². The summed E-state index contributed by atoms with van der Waals surface area (Å²) in [5.74, 6) is 3.41. The van der Waals surface area contributed by atoms with Crippen LogP contribution in [0.2, 0.25) is 0 Å². The lowest BCUT2D eigenvalue weighted by Crippen LogP contribution is -2.33. The number of para-hydroxylation sites is 2. The summed E-state index contributed by atoms with van der Waals surface area (Å²) in [6.45, 7) is 4.25. The van der Waals surface area contributed by atoms with Crippen LogP contribution in [0.4, 0.5) is 0 Å². The van der Waals surface area contributed by atoms with Crippen molar-refractivity contribution in [2.75, 3.05) is 21.3 Å². The standard InChI is InChI=1S/C30H30N4O6/c1-30(2)13-18(35)26-23(14-30)40-29-27(25(26)17-10-11-20(37-4)22(12-17)38-5)28-32-24(33-34(28)16-31-29)15-39-21-9-7-6-8-19(21)36-3/h6-12,16,25H,13-15H2,1-5H3. The van der Waals surface area contributed by atoms with Crippen molar-refractivity contribution in [3.63, 3.8) is 0 Å². The number of carbonyl (C=O) groups is 1. The smallest absolute Gasteiger partial charge is 0.228 e. The van der Waals surface area contributed by atoms with Gasteiger partial charge in [0.1, 0.15) is 18.7 Å². The van der Waals surface area contributed by atoms with Gasteiger partial charge in [-0.05, 0) is 35.2 Å². The van der Waals surface area contributed by atoms with Gasteiger partial charge in [0.2, 0.25) is 5.88 Å². The number of ketones is 1. The third-order valence-corrected chi connectivity index (χ3v) is 7.27. The summed E-state index contributed by atoms with van der Waals surface area (Å²) < 4.78 is 30.4. The molecule has 206 valence electrons. The van der Waals surface area contributed by atoms with Crippen LogP contribution in [0.3, 0.4) is 0 Å². The molecule has 1 unspecified atom stereocenters. The van der Waals surface area contributed by atoms with E-state index >= 15 is 0 Å². The first-order valence-corrected chi connectivity index (χ1v) is 13.0. The fourth-order valence-corrected chi connectivity index (χ4v) is 5.50. The average Bonchev–Trinajstić information content (AvgIpc) is 3.37. The van der Waals surface area contributed by atoms with E-state index in [0.717, 1.165) is 5.56 Å². The fraction of sp³-hybridized carbons (Fsp3) is 0.333. The van der Waals surface area contributed by atoms with Gasteiger partial charge in [0, 0.05) is 18.4 Å². The van der Waals surface area contributed by atoms with Crippen LogP contribution in [-0.4, -0.2) is 46.7 Å². The Morgan fingerprint density at radius 2 is 1.70 bits per heavy atom. The minimum Gasteiger partial charge on any atom is -0.493 e. The van der Waals surface area contributed by atoms with Crippen molar-refractivity contribution in [1.82, 2.24) is 19.6 Å². The van der Waals surface area contributed by atoms with Gasteiger partial charge < -0.3 is 23.7 Å². The first kappa shape index (κ1) is 25.7. The third-order valence-electron chi connectivity index (χ3n) is 7.27. The lowest BCUT2D eigenvalue weighted by Gasteiger charge is -2.37. The Kier molecular flexibility index (Phi) is 6.32. The Hall–Kier alpha value is -4.60. The molecule has 40 heavy (non-hydrogen) atoms. The minimum absolute atomic E-state index is 0.0398. The number of Topliss-reactive ketones (excluding diaryl/α,β-unsaturated/α-hetero) is 1. The van der Waals surface area contributed by atoms with E-state index in [4.69, 9.17) is 28.7 Å². The highest BCUT2D eigenvalue weighted by atomic mass is 16.5. The number of hydrogen-bond donors (Lipinski definition) is 0. The Morgan fingerprint density at radius 1 is 0.975 bits per heavy atom. The van der Waals surface area contributed by atoms with Gasteiger partial charge >= 0.3 is 0 Å². The summed E-state index contributed by atoms with van der Waals surface area (Å²) in [4.78, 5) is 23.1. The second kappa shape index (κ2) is 9.86. The Labute approximate surface area is 231 Å². The molecule has 4 aromatic rings.